The highest BCUT2D eigenvalue weighted by atomic mass is 35.5. The van der Waals surface area contributed by atoms with E-state index in [4.69, 9.17) is 11.6 Å². The summed E-state index contributed by atoms with van der Waals surface area (Å²) < 4.78 is 54.5. The van der Waals surface area contributed by atoms with E-state index in [1.165, 1.54) is 29.0 Å². The predicted molar refractivity (Wildman–Crippen MR) is 121 cm³/mol. The van der Waals surface area contributed by atoms with Crippen molar-refractivity contribution in [3.05, 3.63) is 63.7 Å². The summed E-state index contributed by atoms with van der Waals surface area (Å²) in [4.78, 5) is 5.70. The number of alkyl halides is 1. The molecule has 2 N–H and O–H groups in total. The number of nitrogens with zero attached hydrogens (tertiary/aromatic N) is 2. The van der Waals surface area contributed by atoms with Gasteiger partial charge in [0, 0.05) is 18.5 Å². The van der Waals surface area contributed by atoms with Gasteiger partial charge in [-0.2, -0.15) is 0 Å². The highest BCUT2D eigenvalue weighted by Crippen LogP contribution is 2.35. The average Bonchev–Trinajstić information content (AvgIpc) is 3.36. The van der Waals surface area contributed by atoms with E-state index < -0.39 is 22.0 Å². The van der Waals surface area contributed by atoms with Crippen molar-refractivity contribution in [2.75, 3.05) is 28.0 Å². The summed E-state index contributed by atoms with van der Waals surface area (Å²) in [5.41, 5.74) is 3.70. The molecule has 1 aliphatic heterocycles. The van der Waals surface area contributed by atoms with Crippen LogP contribution in [0.3, 0.4) is 0 Å². The third-order valence-corrected chi connectivity index (χ3v) is 6.92. The van der Waals surface area contributed by atoms with Crippen LogP contribution in [0.4, 0.5) is 31.7 Å². The van der Waals surface area contributed by atoms with E-state index in [1.54, 1.807) is 34.5 Å². The SMILES string of the molecule is O=S(=O)(Cc1ccc(Nc2ccc(F)cc2N2CC[C@@H](F)C2)c(Cl)c1)Nc1cscn1. The van der Waals surface area contributed by atoms with Gasteiger partial charge in [-0.15, -0.1) is 11.3 Å². The van der Waals surface area contributed by atoms with E-state index in [1.807, 2.05) is 0 Å². The average molecular weight is 485 g/mol. The topological polar surface area (TPSA) is 74.3 Å². The maximum Gasteiger partial charge on any atom is 0.238 e. The Morgan fingerprint density at radius 2 is 2.03 bits per heavy atom. The van der Waals surface area contributed by atoms with E-state index in [9.17, 15) is 17.2 Å². The van der Waals surface area contributed by atoms with Crippen molar-refractivity contribution in [3.63, 3.8) is 0 Å². The van der Waals surface area contributed by atoms with Gasteiger partial charge in [0.05, 0.1) is 33.3 Å². The number of thiazole rings is 1. The molecule has 31 heavy (non-hydrogen) atoms. The van der Waals surface area contributed by atoms with Gasteiger partial charge < -0.3 is 10.2 Å². The Morgan fingerprint density at radius 1 is 1.23 bits per heavy atom. The van der Waals surface area contributed by atoms with Gasteiger partial charge in [0.2, 0.25) is 10.0 Å². The fourth-order valence-electron chi connectivity index (χ4n) is 3.38. The molecule has 6 nitrogen and oxygen atoms in total. The quantitative estimate of drug-likeness (QED) is 0.484. The molecule has 1 atom stereocenters. The molecule has 164 valence electrons. The molecule has 0 amide bonds. The first-order chi connectivity index (χ1) is 14.8. The molecular weight excluding hydrogens is 466 g/mol. The van der Waals surface area contributed by atoms with Crippen LogP contribution in [0.1, 0.15) is 12.0 Å². The molecule has 1 saturated heterocycles. The smallest absolute Gasteiger partial charge is 0.238 e. The molecule has 1 aromatic heterocycles. The number of halogens is 3. The van der Waals surface area contributed by atoms with Crippen molar-refractivity contribution < 1.29 is 17.2 Å². The zero-order valence-corrected chi connectivity index (χ0v) is 18.6. The third-order valence-electron chi connectivity index (χ3n) is 4.78. The van der Waals surface area contributed by atoms with Crippen molar-refractivity contribution in [3.8, 4) is 0 Å². The molecule has 1 fully saturated rings. The first kappa shape index (κ1) is 21.8. The van der Waals surface area contributed by atoms with E-state index in [0.717, 1.165) is 0 Å². The number of rotatable bonds is 7. The number of hydrogen-bond donors (Lipinski definition) is 2. The molecule has 3 aromatic rings. The van der Waals surface area contributed by atoms with Gasteiger partial charge >= 0.3 is 0 Å². The van der Waals surface area contributed by atoms with Gasteiger partial charge in [-0.05, 0) is 42.3 Å². The van der Waals surface area contributed by atoms with Crippen LogP contribution < -0.4 is 14.9 Å². The summed E-state index contributed by atoms with van der Waals surface area (Å²) >= 11 is 7.67. The van der Waals surface area contributed by atoms with Crippen molar-refractivity contribution in [2.24, 2.45) is 0 Å². The Kier molecular flexibility index (Phi) is 6.31. The number of anilines is 4. The minimum atomic E-state index is -3.64. The Balaban J connectivity index is 1.52. The molecule has 2 heterocycles. The van der Waals surface area contributed by atoms with Crippen LogP contribution in [0.2, 0.25) is 5.02 Å². The van der Waals surface area contributed by atoms with Crippen molar-refractivity contribution in [2.45, 2.75) is 18.3 Å². The van der Waals surface area contributed by atoms with Crippen molar-refractivity contribution in [1.82, 2.24) is 4.98 Å². The van der Waals surface area contributed by atoms with Crippen LogP contribution in [0.25, 0.3) is 0 Å². The summed E-state index contributed by atoms with van der Waals surface area (Å²) in [6.07, 6.45) is -0.548. The lowest BCUT2D eigenvalue weighted by Gasteiger charge is -2.22. The number of aromatic nitrogens is 1. The number of benzene rings is 2. The summed E-state index contributed by atoms with van der Waals surface area (Å²) in [6, 6.07) is 9.10. The van der Waals surface area contributed by atoms with Gasteiger partial charge in [-0.25, -0.2) is 22.2 Å². The van der Waals surface area contributed by atoms with Gasteiger partial charge in [0.15, 0.2) is 0 Å². The van der Waals surface area contributed by atoms with Gasteiger partial charge in [-0.1, -0.05) is 17.7 Å². The summed E-state index contributed by atoms with van der Waals surface area (Å²) in [5, 5.41) is 5.06. The number of nitrogens with one attached hydrogen (secondary N) is 2. The Bertz CT molecular complexity index is 1180. The maximum absolute atomic E-state index is 13.8. The normalized spacial score (nSPS) is 16.5. The second-order valence-corrected chi connectivity index (χ2v) is 10.0. The van der Waals surface area contributed by atoms with Crippen LogP contribution in [0.5, 0.6) is 0 Å². The van der Waals surface area contributed by atoms with Gasteiger partial charge in [0.25, 0.3) is 0 Å². The Morgan fingerprint density at radius 3 is 2.71 bits per heavy atom. The first-order valence-electron chi connectivity index (χ1n) is 9.42. The highest BCUT2D eigenvalue weighted by Gasteiger charge is 2.24. The highest BCUT2D eigenvalue weighted by molar-refractivity contribution is 7.91. The summed E-state index contributed by atoms with van der Waals surface area (Å²) in [5.74, 6) is -0.407. The van der Waals surface area contributed by atoms with E-state index in [2.05, 4.69) is 15.0 Å². The minimum absolute atomic E-state index is 0.203. The monoisotopic (exact) mass is 484 g/mol. The molecule has 0 saturated carbocycles. The van der Waals surface area contributed by atoms with Gasteiger partial charge in [-0.3, -0.25) is 4.72 Å². The molecule has 2 aromatic carbocycles. The lowest BCUT2D eigenvalue weighted by Crippen LogP contribution is -2.21. The third kappa shape index (κ3) is 5.44. The van der Waals surface area contributed by atoms with E-state index in [-0.39, 0.29) is 18.1 Å². The second-order valence-electron chi connectivity index (χ2n) is 7.17. The molecular formula is C20H19ClF2N4O2S2. The van der Waals surface area contributed by atoms with Crippen molar-refractivity contribution >= 4 is 55.8 Å². The van der Waals surface area contributed by atoms with E-state index in [0.29, 0.717) is 40.6 Å². The molecule has 0 spiro atoms. The van der Waals surface area contributed by atoms with Gasteiger partial charge in [0.1, 0.15) is 17.8 Å². The van der Waals surface area contributed by atoms with Crippen molar-refractivity contribution in [1.29, 1.82) is 0 Å². The first-order valence-corrected chi connectivity index (χ1v) is 12.4. The van der Waals surface area contributed by atoms with Crippen LogP contribution in [0, 0.1) is 5.82 Å². The zero-order chi connectivity index (χ0) is 22.0. The molecule has 0 bridgehead atoms. The minimum Gasteiger partial charge on any atom is -0.367 e. The molecule has 4 rings (SSSR count). The Labute approximate surface area is 187 Å². The summed E-state index contributed by atoms with van der Waals surface area (Å²) in [7, 11) is -3.64. The molecule has 1 aliphatic rings. The molecule has 0 aliphatic carbocycles. The van der Waals surface area contributed by atoms with Crippen LogP contribution >= 0.6 is 22.9 Å². The maximum atomic E-state index is 13.8. The second kappa shape index (κ2) is 8.97. The fourth-order valence-corrected chi connectivity index (χ4v) is 5.31. The van der Waals surface area contributed by atoms with E-state index >= 15 is 0 Å². The largest absolute Gasteiger partial charge is 0.367 e. The zero-order valence-electron chi connectivity index (χ0n) is 16.2. The van der Waals surface area contributed by atoms with Crippen LogP contribution in [-0.2, 0) is 15.8 Å². The number of sulfonamides is 1. The standard InChI is InChI=1S/C20H19ClF2N4O2S2/c21-16-7-13(11-31(28,29)26-20-10-30-12-24-20)1-3-17(16)25-18-4-2-14(22)8-19(18)27-6-5-15(23)9-27/h1-4,7-8,10,12,15,25-26H,5-6,9,11H2/t15-/m1/s1. The fraction of sp³-hybridized carbons (Fsp3) is 0.250. The lowest BCUT2D eigenvalue weighted by molar-refractivity contribution is 0.364. The Hall–Kier alpha value is -2.43. The number of hydrogen-bond acceptors (Lipinski definition) is 6. The lowest BCUT2D eigenvalue weighted by atomic mass is 10.2. The molecule has 11 heteroatoms. The molecule has 0 radical (unpaired) electrons. The van der Waals surface area contributed by atoms with Crippen LogP contribution in [-0.4, -0.2) is 32.7 Å². The van der Waals surface area contributed by atoms with Crippen LogP contribution in [0.15, 0.2) is 47.3 Å². The predicted octanol–water partition coefficient (Wildman–Crippen LogP) is 5.17. The molecule has 0 unspecified atom stereocenters. The summed E-state index contributed by atoms with van der Waals surface area (Å²) in [6.45, 7) is 0.699.